The Balaban J connectivity index is 0.00000243. The number of halogens is 1. The first-order valence-electron chi connectivity index (χ1n) is 9.46. The number of benzene rings is 1. The number of hydrogen-bond donors (Lipinski definition) is 1. The van der Waals surface area contributed by atoms with Crippen LogP contribution in [0.3, 0.4) is 0 Å². The van der Waals surface area contributed by atoms with Crippen molar-refractivity contribution in [2.24, 2.45) is 0 Å². The molecule has 148 valence electrons. The topological polar surface area (TPSA) is 51.2 Å². The fourth-order valence-electron chi connectivity index (χ4n) is 4.12. The predicted molar refractivity (Wildman–Crippen MR) is 105 cm³/mol. The number of aliphatic hydroxyl groups is 1. The quantitative estimate of drug-likeness (QED) is 0.730. The van der Waals surface area contributed by atoms with E-state index in [-0.39, 0.29) is 18.5 Å². The summed E-state index contributed by atoms with van der Waals surface area (Å²) >= 11 is 0. The summed E-state index contributed by atoms with van der Waals surface area (Å²) in [5.74, 6) is 1.52. The molecule has 2 aliphatic rings. The maximum atomic E-state index is 9.83. The minimum Gasteiger partial charge on any atom is -0.493 e. The molecule has 1 heterocycles. The lowest BCUT2D eigenvalue weighted by molar-refractivity contribution is -0.0316. The zero-order valence-electron chi connectivity index (χ0n) is 15.9. The van der Waals surface area contributed by atoms with Gasteiger partial charge in [0.1, 0.15) is 0 Å². The van der Waals surface area contributed by atoms with Crippen molar-refractivity contribution in [1.82, 2.24) is 4.90 Å². The molecule has 1 aliphatic heterocycles. The normalized spacial score (nSPS) is 26.3. The minimum absolute atomic E-state index is 0. The lowest BCUT2D eigenvalue weighted by atomic mass is 9.91. The van der Waals surface area contributed by atoms with Crippen LogP contribution in [0.4, 0.5) is 0 Å². The van der Waals surface area contributed by atoms with E-state index in [1.165, 1.54) is 24.8 Å². The van der Waals surface area contributed by atoms with Crippen LogP contribution in [0.25, 0.3) is 0 Å². The van der Waals surface area contributed by atoms with Crippen molar-refractivity contribution in [3.63, 3.8) is 0 Å². The van der Waals surface area contributed by atoms with Crippen LogP contribution < -0.4 is 9.47 Å². The number of ether oxygens (including phenoxy) is 3. The van der Waals surface area contributed by atoms with E-state index in [9.17, 15) is 5.11 Å². The molecule has 1 aliphatic carbocycles. The van der Waals surface area contributed by atoms with Crippen LogP contribution in [-0.2, 0) is 11.2 Å². The molecule has 6 heteroatoms. The second-order valence-corrected chi connectivity index (χ2v) is 7.14. The van der Waals surface area contributed by atoms with E-state index < -0.39 is 0 Å². The highest BCUT2D eigenvalue weighted by Crippen LogP contribution is 2.30. The van der Waals surface area contributed by atoms with E-state index in [1.54, 1.807) is 14.2 Å². The number of aliphatic hydroxyl groups excluding tert-OH is 1. The van der Waals surface area contributed by atoms with E-state index in [1.807, 2.05) is 12.1 Å². The molecule has 1 aromatic rings. The maximum absolute atomic E-state index is 9.83. The number of hydrogen-bond acceptors (Lipinski definition) is 5. The summed E-state index contributed by atoms with van der Waals surface area (Å²) in [6.45, 7) is 2.52. The summed E-state index contributed by atoms with van der Waals surface area (Å²) in [4.78, 5) is 2.44. The van der Waals surface area contributed by atoms with Crippen molar-refractivity contribution in [2.45, 2.75) is 56.8 Å². The van der Waals surface area contributed by atoms with Crippen LogP contribution in [0.5, 0.6) is 11.5 Å². The van der Waals surface area contributed by atoms with Gasteiger partial charge in [0.15, 0.2) is 11.5 Å². The van der Waals surface area contributed by atoms with Gasteiger partial charge in [0.25, 0.3) is 0 Å². The third-order valence-electron chi connectivity index (χ3n) is 5.50. The number of methoxy groups -OCH3 is 2. The van der Waals surface area contributed by atoms with Gasteiger partial charge >= 0.3 is 0 Å². The summed E-state index contributed by atoms with van der Waals surface area (Å²) in [6, 6.07) is 6.51. The molecule has 5 nitrogen and oxygen atoms in total. The van der Waals surface area contributed by atoms with E-state index in [0.29, 0.717) is 18.8 Å². The van der Waals surface area contributed by atoms with Gasteiger partial charge in [-0.25, -0.2) is 0 Å². The van der Waals surface area contributed by atoms with Gasteiger partial charge < -0.3 is 19.3 Å². The molecule has 3 atom stereocenters. The van der Waals surface area contributed by atoms with Gasteiger partial charge in [-0.2, -0.15) is 0 Å². The molecule has 3 rings (SSSR count). The zero-order valence-corrected chi connectivity index (χ0v) is 16.7. The fraction of sp³-hybridized carbons (Fsp3) is 0.700. The second-order valence-electron chi connectivity index (χ2n) is 7.14. The molecule has 1 saturated heterocycles. The highest BCUT2D eigenvalue weighted by atomic mass is 35.5. The van der Waals surface area contributed by atoms with Gasteiger partial charge in [0.2, 0.25) is 0 Å². The molecule has 2 fully saturated rings. The molecular weight excluding hydrogens is 355 g/mol. The number of likely N-dealkylation sites (tertiary alicyclic amines) is 1. The van der Waals surface area contributed by atoms with Gasteiger partial charge in [-0.15, -0.1) is 12.4 Å². The van der Waals surface area contributed by atoms with Crippen molar-refractivity contribution < 1.29 is 19.3 Å². The molecular formula is C20H32ClNO4. The molecule has 0 aromatic heterocycles. The Hall–Kier alpha value is -1.01. The molecule has 0 radical (unpaired) electrons. The maximum Gasteiger partial charge on any atom is 0.160 e. The average molecular weight is 387 g/mol. The molecule has 0 unspecified atom stereocenters. The van der Waals surface area contributed by atoms with Gasteiger partial charge in [-0.3, -0.25) is 4.90 Å². The Bertz CT molecular complexity index is 557. The molecule has 0 spiro atoms. The van der Waals surface area contributed by atoms with Gasteiger partial charge in [0, 0.05) is 19.1 Å². The zero-order chi connectivity index (χ0) is 17.6. The highest BCUT2D eigenvalue weighted by Gasteiger charge is 2.34. The predicted octanol–water partition coefficient (Wildman–Crippen LogP) is 3.06. The Morgan fingerprint density at radius 1 is 1.08 bits per heavy atom. The molecule has 26 heavy (non-hydrogen) atoms. The molecule has 1 aromatic carbocycles. The molecule has 0 amide bonds. The van der Waals surface area contributed by atoms with Crippen molar-refractivity contribution in [3.05, 3.63) is 23.8 Å². The summed E-state index contributed by atoms with van der Waals surface area (Å²) in [7, 11) is 3.31. The highest BCUT2D eigenvalue weighted by molar-refractivity contribution is 5.85. The van der Waals surface area contributed by atoms with Crippen LogP contribution in [-0.4, -0.2) is 62.2 Å². The minimum atomic E-state index is -0.158. The van der Waals surface area contributed by atoms with Crippen LogP contribution >= 0.6 is 12.4 Å². The van der Waals surface area contributed by atoms with Crippen molar-refractivity contribution in [2.75, 3.05) is 33.9 Å². The Kier molecular flexibility index (Phi) is 8.48. The first-order chi connectivity index (χ1) is 12.2. The van der Waals surface area contributed by atoms with E-state index >= 15 is 0 Å². The van der Waals surface area contributed by atoms with Crippen LogP contribution in [0, 0.1) is 0 Å². The summed E-state index contributed by atoms with van der Waals surface area (Å²) < 4.78 is 16.9. The number of β-amino-alcohol motifs (C(OH)–C–C–N with tert-alkyl or cyclic N) is 1. The smallest absolute Gasteiger partial charge is 0.160 e. The van der Waals surface area contributed by atoms with Crippen molar-refractivity contribution >= 4 is 12.4 Å². The summed E-state index contributed by atoms with van der Waals surface area (Å²) in [5, 5.41) is 9.83. The lowest BCUT2D eigenvalue weighted by Gasteiger charge is -2.37. The second kappa shape index (κ2) is 10.4. The van der Waals surface area contributed by atoms with E-state index in [4.69, 9.17) is 14.2 Å². The van der Waals surface area contributed by atoms with Crippen LogP contribution in [0.15, 0.2) is 18.2 Å². The summed E-state index contributed by atoms with van der Waals surface area (Å²) in [6.07, 6.45) is 6.73. The Labute approximate surface area is 163 Å². The Morgan fingerprint density at radius 2 is 1.85 bits per heavy atom. The van der Waals surface area contributed by atoms with E-state index in [2.05, 4.69) is 11.0 Å². The SMILES string of the molecule is COc1cc(CCO[C@@H]2CCCC[C@H]2N2CC[C@@H](O)C2)ccc1O[13CH3].Cl. The Morgan fingerprint density at radius 3 is 2.54 bits per heavy atom. The average Bonchev–Trinajstić information content (AvgIpc) is 3.08. The van der Waals surface area contributed by atoms with Gasteiger partial charge in [-0.1, -0.05) is 18.9 Å². The van der Waals surface area contributed by atoms with Crippen molar-refractivity contribution in [1.29, 1.82) is 0 Å². The van der Waals surface area contributed by atoms with Gasteiger partial charge in [0.05, 0.1) is 33.0 Å². The lowest BCUT2D eigenvalue weighted by Crippen LogP contribution is -2.46. The molecule has 1 saturated carbocycles. The standard InChI is InChI=1S/C20H31NO4.ClH/c1-23-19-8-7-15(13-20(19)24-2)10-12-25-18-6-4-3-5-17(18)21-11-9-16(22)14-21;/h7-8,13,16-18,22H,3-6,9-12,14H2,1-2H3;1H/t16-,17-,18-;/m1./s1/i1+1;. The molecule has 1 N–H and O–H groups in total. The van der Waals surface area contributed by atoms with E-state index in [0.717, 1.165) is 43.9 Å². The number of nitrogens with zero attached hydrogens (tertiary/aromatic N) is 1. The van der Waals surface area contributed by atoms with Crippen LogP contribution in [0.2, 0.25) is 0 Å². The first kappa shape index (κ1) is 21.3. The summed E-state index contributed by atoms with van der Waals surface area (Å²) in [5.41, 5.74) is 1.20. The monoisotopic (exact) mass is 386 g/mol. The fourth-order valence-corrected chi connectivity index (χ4v) is 4.12. The molecule has 0 bridgehead atoms. The third kappa shape index (κ3) is 5.26. The largest absolute Gasteiger partial charge is 0.493 e. The third-order valence-corrected chi connectivity index (χ3v) is 5.50. The number of rotatable bonds is 7. The van der Waals surface area contributed by atoms with Gasteiger partial charge in [-0.05, 0) is 43.4 Å². The van der Waals surface area contributed by atoms with Crippen molar-refractivity contribution in [3.8, 4) is 11.5 Å². The first-order valence-corrected chi connectivity index (χ1v) is 9.46. The van der Waals surface area contributed by atoms with Crippen LogP contribution in [0.1, 0.15) is 37.7 Å².